The van der Waals surface area contributed by atoms with Gasteiger partial charge in [-0.05, 0) is 12.1 Å². The third-order valence-electron chi connectivity index (χ3n) is 1.80. The van der Waals surface area contributed by atoms with Gasteiger partial charge in [-0.25, -0.2) is 9.97 Å². The van der Waals surface area contributed by atoms with Crippen LogP contribution in [-0.2, 0) is 0 Å². The maximum absolute atomic E-state index is 5.89. The minimum Gasteiger partial charge on any atom is -0.491 e. The van der Waals surface area contributed by atoms with E-state index in [2.05, 4.69) is 15.0 Å². The highest BCUT2D eigenvalue weighted by Crippen LogP contribution is 2.35. The van der Waals surface area contributed by atoms with Crippen molar-refractivity contribution in [2.75, 3.05) is 7.11 Å². The molecular weight excluding hydrogens is 246 g/mol. The maximum atomic E-state index is 5.89. The molecule has 0 aliphatic heterocycles. The summed E-state index contributed by atoms with van der Waals surface area (Å²) in [5.41, 5.74) is 0. The van der Waals surface area contributed by atoms with Crippen molar-refractivity contribution in [1.29, 1.82) is 0 Å². The number of aromatic nitrogens is 3. The van der Waals surface area contributed by atoms with Gasteiger partial charge in [0, 0.05) is 17.3 Å². The van der Waals surface area contributed by atoms with Gasteiger partial charge in [0.05, 0.1) is 7.11 Å². The number of methoxy groups -OCH3 is 1. The fourth-order valence-electron chi connectivity index (χ4n) is 1.10. The molecule has 0 unspecified atom stereocenters. The summed E-state index contributed by atoms with van der Waals surface area (Å²) in [6.07, 6.45) is 4.85. The van der Waals surface area contributed by atoms with E-state index >= 15 is 0 Å². The third-order valence-corrected chi connectivity index (χ3v) is 3.06. The van der Waals surface area contributed by atoms with Crippen LogP contribution in [0.5, 0.6) is 5.75 Å². The van der Waals surface area contributed by atoms with Crippen LogP contribution in [0.15, 0.2) is 40.8 Å². The van der Waals surface area contributed by atoms with E-state index in [1.54, 1.807) is 19.5 Å². The first-order valence-corrected chi connectivity index (χ1v) is 5.63. The zero-order valence-corrected chi connectivity index (χ0v) is 10.00. The molecule has 0 aliphatic rings. The lowest BCUT2D eigenvalue weighted by atomic mass is 10.5. The highest BCUT2D eigenvalue weighted by Gasteiger charge is 2.11. The zero-order chi connectivity index (χ0) is 11.4. The average Bonchev–Trinajstić information content (AvgIpc) is 2.31. The van der Waals surface area contributed by atoms with Crippen molar-refractivity contribution in [1.82, 2.24) is 15.0 Å². The summed E-state index contributed by atoms with van der Waals surface area (Å²) in [5, 5.41) is 1.00. The van der Waals surface area contributed by atoms with E-state index in [1.807, 2.05) is 12.1 Å². The standard InChI is InChI=1S/C10H8ClN3OS/c1-15-8-9(11)13-6-14-10(8)16-7-2-4-12-5-3-7/h2-6H,1H3. The Morgan fingerprint density at radius 2 is 2.00 bits per heavy atom. The van der Waals surface area contributed by atoms with Crippen molar-refractivity contribution < 1.29 is 4.74 Å². The second-order valence-electron chi connectivity index (χ2n) is 2.79. The minimum atomic E-state index is 0.314. The van der Waals surface area contributed by atoms with Crippen LogP contribution < -0.4 is 4.74 Å². The molecular formula is C10H8ClN3OS. The van der Waals surface area contributed by atoms with Gasteiger partial charge >= 0.3 is 0 Å². The van der Waals surface area contributed by atoms with Gasteiger partial charge in [-0.15, -0.1) is 0 Å². The summed E-state index contributed by atoms with van der Waals surface area (Å²) in [4.78, 5) is 12.9. The van der Waals surface area contributed by atoms with Crippen molar-refractivity contribution in [3.8, 4) is 5.75 Å². The first kappa shape index (κ1) is 11.2. The van der Waals surface area contributed by atoms with Crippen LogP contribution in [0.3, 0.4) is 0 Å². The molecule has 0 saturated carbocycles. The lowest BCUT2D eigenvalue weighted by Crippen LogP contribution is -1.92. The first-order chi connectivity index (χ1) is 7.81. The summed E-state index contributed by atoms with van der Waals surface area (Å²) in [5.74, 6) is 0.492. The van der Waals surface area contributed by atoms with Crippen molar-refractivity contribution in [3.05, 3.63) is 36.0 Å². The number of nitrogens with zero attached hydrogens (tertiary/aromatic N) is 3. The molecule has 0 aliphatic carbocycles. The van der Waals surface area contributed by atoms with Crippen LogP contribution in [0.25, 0.3) is 0 Å². The molecule has 2 rings (SSSR count). The maximum Gasteiger partial charge on any atom is 0.188 e. The van der Waals surface area contributed by atoms with E-state index in [-0.39, 0.29) is 0 Å². The van der Waals surface area contributed by atoms with Crippen LogP contribution in [0, 0.1) is 0 Å². The van der Waals surface area contributed by atoms with Gasteiger partial charge < -0.3 is 4.74 Å². The Kier molecular flexibility index (Phi) is 3.58. The molecule has 0 bridgehead atoms. The Balaban J connectivity index is 2.31. The summed E-state index contributed by atoms with van der Waals surface area (Å²) in [6.45, 7) is 0. The fourth-order valence-corrected chi connectivity index (χ4v) is 2.22. The molecule has 2 heterocycles. The molecule has 0 atom stereocenters. The van der Waals surface area contributed by atoms with Gasteiger partial charge in [0.2, 0.25) is 0 Å². The molecule has 0 fully saturated rings. The number of rotatable bonds is 3. The lowest BCUT2D eigenvalue weighted by molar-refractivity contribution is 0.398. The Hall–Kier alpha value is -1.33. The fraction of sp³-hybridized carbons (Fsp3) is 0.100. The molecule has 0 amide bonds. The summed E-state index contributed by atoms with van der Waals surface area (Å²) in [6, 6.07) is 3.78. The smallest absolute Gasteiger partial charge is 0.188 e. The molecule has 82 valence electrons. The summed E-state index contributed by atoms with van der Waals surface area (Å²) in [7, 11) is 1.54. The van der Waals surface area contributed by atoms with Gasteiger partial charge in [0.15, 0.2) is 10.9 Å². The van der Waals surface area contributed by atoms with Gasteiger partial charge in [-0.1, -0.05) is 23.4 Å². The number of pyridine rings is 1. The van der Waals surface area contributed by atoms with E-state index in [0.717, 1.165) is 4.90 Å². The Labute approximate surface area is 102 Å². The van der Waals surface area contributed by atoms with Crippen molar-refractivity contribution in [3.63, 3.8) is 0 Å². The van der Waals surface area contributed by atoms with Crippen LogP contribution in [0.2, 0.25) is 5.15 Å². The second-order valence-corrected chi connectivity index (χ2v) is 4.21. The zero-order valence-electron chi connectivity index (χ0n) is 8.42. The topological polar surface area (TPSA) is 47.9 Å². The minimum absolute atomic E-state index is 0.314. The van der Waals surface area contributed by atoms with Gasteiger partial charge in [-0.2, -0.15) is 0 Å². The van der Waals surface area contributed by atoms with Crippen LogP contribution in [0.4, 0.5) is 0 Å². The van der Waals surface area contributed by atoms with Crippen LogP contribution in [0.1, 0.15) is 0 Å². The Morgan fingerprint density at radius 1 is 1.25 bits per heavy atom. The predicted molar refractivity (Wildman–Crippen MR) is 62.0 cm³/mol. The molecule has 0 aromatic carbocycles. The number of halogens is 1. The SMILES string of the molecule is COc1c(Cl)ncnc1Sc1ccncc1. The Morgan fingerprint density at radius 3 is 2.69 bits per heavy atom. The second kappa shape index (κ2) is 5.14. The van der Waals surface area contributed by atoms with Crippen LogP contribution in [-0.4, -0.2) is 22.1 Å². The number of hydrogen-bond acceptors (Lipinski definition) is 5. The normalized spacial score (nSPS) is 10.1. The molecule has 6 heteroatoms. The van der Waals surface area contributed by atoms with Crippen LogP contribution >= 0.6 is 23.4 Å². The van der Waals surface area contributed by atoms with Crippen molar-refractivity contribution >= 4 is 23.4 Å². The lowest BCUT2D eigenvalue weighted by Gasteiger charge is -2.07. The van der Waals surface area contributed by atoms with Gasteiger partial charge in [-0.3, -0.25) is 4.98 Å². The quantitative estimate of drug-likeness (QED) is 0.787. The average molecular weight is 254 g/mol. The van der Waals surface area contributed by atoms with Crippen molar-refractivity contribution in [2.45, 2.75) is 9.92 Å². The summed E-state index contributed by atoms with van der Waals surface area (Å²) >= 11 is 7.35. The largest absolute Gasteiger partial charge is 0.491 e. The van der Waals surface area contributed by atoms with Crippen molar-refractivity contribution in [2.24, 2.45) is 0 Å². The van der Waals surface area contributed by atoms with Gasteiger partial charge in [0.1, 0.15) is 11.4 Å². The molecule has 0 spiro atoms. The predicted octanol–water partition coefficient (Wildman–Crippen LogP) is 2.68. The highest BCUT2D eigenvalue weighted by atomic mass is 35.5. The molecule has 4 nitrogen and oxygen atoms in total. The van der Waals surface area contributed by atoms with E-state index in [0.29, 0.717) is 15.9 Å². The van der Waals surface area contributed by atoms with E-state index < -0.39 is 0 Å². The third kappa shape index (κ3) is 2.43. The van der Waals surface area contributed by atoms with E-state index in [4.69, 9.17) is 16.3 Å². The molecule has 16 heavy (non-hydrogen) atoms. The summed E-state index contributed by atoms with van der Waals surface area (Å²) < 4.78 is 5.15. The first-order valence-electron chi connectivity index (χ1n) is 4.43. The van der Waals surface area contributed by atoms with E-state index in [1.165, 1.54) is 18.1 Å². The van der Waals surface area contributed by atoms with E-state index in [9.17, 15) is 0 Å². The number of hydrogen-bond donors (Lipinski definition) is 0. The molecule has 2 aromatic heterocycles. The van der Waals surface area contributed by atoms with Gasteiger partial charge in [0.25, 0.3) is 0 Å². The molecule has 0 radical (unpaired) electrons. The number of ether oxygens (including phenoxy) is 1. The molecule has 0 saturated heterocycles. The monoisotopic (exact) mass is 253 g/mol. The molecule has 0 N–H and O–H groups in total. The Bertz CT molecular complexity index is 481. The molecule has 2 aromatic rings. The highest BCUT2D eigenvalue weighted by molar-refractivity contribution is 7.99.